The van der Waals surface area contributed by atoms with Gasteiger partial charge < -0.3 is 9.73 Å². The molecule has 22 heavy (non-hydrogen) atoms. The molecule has 1 N–H and O–H groups in total. The van der Waals surface area contributed by atoms with E-state index in [9.17, 15) is 9.59 Å². The van der Waals surface area contributed by atoms with Crippen molar-refractivity contribution < 1.29 is 9.21 Å². The zero-order chi connectivity index (χ0) is 15.7. The molecule has 0 saturated heterocycles. The van der Waals surface area contributed by atoms with Crippen LogP contribution >= 0.6 is 0 Å². The van der Waals surface area contributed by atoms with Gasteiger partial charge >= 0.3 is 5.76 Å². The molecule has 1 aliphatic rings. The Kier molecular flexibility index (Phi) is 4.05. The van der Waals surface area contributed by atoms with Crippen molar-refractivity contribution in [3.63, 3.8) is 0 Å². The molecular formula is C17H22N2O3. The Morgan fingerprint density at radius 3 is 2.91 bits per heavy atom. The van der Waals surface area contributed by atoms with E-state index in [2.05, 4.69) is 19.2 Å². The second-order valence-electron chi connectivity index (χ2n) is 6.36. The van der Waals surface area contributed by atoms with E-state index in [4.69, 9.17) is 4.42 Å². The van der Waals surface area contributed by atoms with Crippen molar-refractivity contribution in [3.8, 4) is 0 Å². The summed E-state index contributed by atoms with van der Waals surface area (Å²) in [7, 11) is 0. The van der Waals surface area contributed by atoms with Crippen LogP contribution in [-0.2, 0) is 11.3 Å². The van der Waals surface area contributed by atoms with E-state index in [1.807, 2.05) is 6.07 Å². The fraction of sp³-hybridized carbons (Fsp3) is 0.529. The molecule has 1 heterocycles. The number of nitrogens with zero attached hydrogens (tertiary/aromatic N) is 1. The average molecular weight is 302 g/mol. The van der Waals surface area contributed by atoms with E-state index in [0.29, 0.717) is 22.9 Å². The van der Waals surface area contributed by atoms with Crippen molar-refractivity contribution >= 4 is 17.0 Å². The van der Waals surface area contributed by atoms with Gasteiger partial charge in [0.2, 0.25) is 5.91 Å². The van der Waals surface area contributed by atoms with Gasteiger partial charge in [-0.1, -0.05) is 38.8 Å². The molecule has 3 unspecified atom stereocenters. The fourth-order valence-electron chi connectivity index (χ4n) is 3.35. The lowest BCUT2D eigenvalue weighted by atomic mass is 9.78. The van der Waals surface area contributed by atoms with Gasteiger partial charge in [0.05, 0.1) is 5.52 Å². The quantitative estimate of drug-likeness (QED) is 0.947. The van der Waals surface area contributed by atoms with Crippen LogP contribution in [0.2, 0.25) is 0 Å². The third-order valence-corrected chi connectivity index (χ3v) is 4.93. The Hall–Kier alpha value is -2.04. The molecule has 0 aliphatic heterocycles. The first-order valence-corrected chi connectivity index (χ1v) is 7.94. The minimum atomic E-state index is -0.485. The zero-order valence-corrected chi connectivity index (χ0v) is 13.0. The third kappa shape index (κ3) is 2.80. The van der Waals surface area contributed by atoms with Crippen molar-refractivity contribution in [1.82, 2.24) is 9.88 Å². The molecule has 0 radical (unpaired) electrons. The number of amides is 1. The topological polar surface area (TPSA) is 64.2 Å². The predicted octanol–water partition coefficient (Wildman–Crippen LogP) is 2.54. The maximum absolute atomic E-state index is 12.3. The zero-order valence-electron chi connectivity index (χ0n) is 13.0. The van der Waals surface area contributed by atoms with Gasteiger partial charge in [-0.25, -0.2) is 4.79 Å². The molecule has 2 aromatic rings. The molecule has 5 heteroatoms. The van der Waals surface area contributed by atoms with Gasteiger partial charge in [-0.05, 0) is 30.4 Å². The number of nitrogens with one attached hydrogen (secondary N) is 1. The standard InChI is InChI=1S/C17H22N2O3/c1-11-6-5-7-13(12(11)2)18-16(20)10-19-14-8-3-4-9-15(14)22-17(19)21/h3-4,8-9,11-13H,5-7,10H2,1-2H3,(H,18,20). The van der Waals surface area contributed by atoms with Crippen LogP contribution in [0.3, 0.4) is 0 Å². The van der Waals surface area contributed by atoms with Crippen LogP contribution in [-0.4, -0.2) is 16.5 Å². The van der Waals surface area contributed by atoms with Crippen LogP contribution in [0.4, 0.5) is 0 Å². The molecule has 5 nitrogen and oxygen atoms in total. The molecular weight excluding hydrogens is 280 g/mol. The maximum atomic E-state index is 12.3. The van der Waals surface area contributed by atoms with Gasteiger partial charge in [0.1, 0.15) is 6.54 Å². The van der Waals surface area contributed by atoms with Crippen molar-refractivity contribution in [2.45, 2.75) is 45.7 Å². The summed E-state index contributed by atoms with van der Waals surface area (Å²) in [6.07, 6.45) is 3.38. The summed E-state index contributed by atoms with van der Waals surface area (Å²) in [6.45, 7) is 4.43. The van der Waals surface area contributed by atoms with Gasteiger partial charge in [0.25, 0.3) is 0 Å². The maximum Gasteiger partial charge on any atom is 0.420 e. The molecule has 1 aromatic heterocycles. The number of rotatable bonds is 3. The number of oxazole rings is 1. The van der Waals surface area contributed by atoms with Gasteiger partial charge in [-0.3, -0.25) is 9.36 Å². The monoisotopic (exact) mass is 302 g/mol. The Morgan fingerprint density at radius 2 is 2.09 bits per heavy atom. The summed E-state index contributed by atoms with van der Waals surface area (Å²) >= 11 is 0. The highest BCUT2D eigenvalue weighted by Gasteiger charge is 2.28. The van der Waals surface area contributed by atoms with Crippen molar-refractivity contribution in [2.75, 3.05) is 0 Å². The van der Waals surface area contributed by atoms with Crippen LogP contribution in [0.15, 0.2) is 33.5 Å². The summed E-state index contributed by atoms with van der Waals surface area (Å²) in [5.41, 5.74) is 1.17. The molecule has 1 aliphatic carbocycles. The van der Waals surface area contributed by atoms with Crippen LogP contribution in [0.1, 0.15) is 33.1 Å². The van der Waals surface area contributed by atoms with E-state index in [-0.39, 0.29) is 18.5 Å². The van der Waals surface area contributed by atoms with E-state index in [1.54, 1.807) is 18.2 Å². The fourth-order valence-corrected chi connectivity index (χ4v) is 3.35. The normalized spacial score (nSPS) is 25.3. The Balaban J connectivity index is 1.73. The van der Waals surface area contributed by atoms with E-state index in [1.165, 1.54) is 11.0 Å². The molecule has 1 saturated carbocycles. The van der Waals surface area contributed by atoms with Gasteiger partial charge in [-0.2, -0.15) is 0 Å². The number of carbonyl (C=O) groups excluding carboxylic acids is 1. The number of carbonyl (C=O) groups is 1. The molecule has 3 atom stereocenters. The van der Waals surface area contributed by atoms with Gasteiger partial charge in [0.15, 0.2) is 5.58 Å². The molecule has 118 valence electrons. The molecule has 0 bridgehead atoms. The lowest BCUT2D eigenvalue weighted by Gasteiger charge is -2.34. The van der Waals surface area contributed by atoms with Crippen LogP contribution in [0.5, 0.6) is 0 Å². The second-order valence-corrected chi connectivity index (χ2v) is 6.36. The SMILES string of the molecule is CC1CCCC(NC(=O)Cn2c(=O)oc3ccccc32)C1C. The Bertz CT molecular complexity index is 731. The van der Waals surface area contributed by atoms with Crippen LogP contribution in [0.25, 0.3) is 11.1 Å². The highest BCUT2D eigenvalue weighted by Crippen LogP contribution is 2.29. The van der Waals surface area contributed by atoms with Crippen LogP contribution < -0.4 is 11.1 Å². The second kappa shape index (κ2) is 5.99. The minimum absolute atomic E-state index is 0.00739. The van der Waals surface area contributed by atoms with Crippen molar-refractivity contribution in [1.29, 1.82) is 0 Å². The van der Waals surface area contributed by atoms with E-state index < -0.39 is 5.76 Å². The van der Waals surface area contributed by atoms with Gasteiger partial charge in [0, 0.05) is 6.04 Å². The molecule has 3 rings (SSSR count). The first-order valence-electron chi connectivity index (χ1n) is 7.94. The largest absolute Gasteiger partial charge is 0.420 e. The minimum Gasteiger partial charge on any atom is -0.408 e. The smallest absolute Gasteiger partial charge is 0.408 e. The average Bonchev–Trinajstić information content (AvgIpc) is 2.80. The van der Waals surface area contributed by atoms with Crippen LogP contribution in [0, 0.1) is 11.8 Å². The summed E-state index contributed by atoms with van der Waals surface area (Å²) in [5, 5.41) is 3.09. The summed E-state index contributed by atoms with van der Waals surface area (Å²) in [5.74, 6) is 0.480. The van der Waals surface area contributed by atoms with Crippen molar-refractivity contribution in [3.05, 3.63) is 34.8 Å². The first kappa shape index (κ1) is 14.9. The summed E-state index contributed by atoms with van der Waals surface area (Å²) in [4.78, 5) is 24.2. The van der Waals surface area contributed by atoms with E-state index >= 15 is 0 Å². The molecule has 1 amide bonds. The van der Waals surface area contributed by atoms with Gasteiger partial charge in [-0.15, -0.1) is 0 Å². The summed E-state index contributed by atoms with van der Waals surface area (Å²) in [6, 6.07) is 7.36. The lowest BCUT2D eigenvalue weighted by molar-refractivity contribution is -0.123. The van der Waals surface area contributed by atoms with E-state index in [0.717, 1.165) is 12.8 Å². The molecule has 1 aromatic carbocycles. The number of aromatic nitrogens is 1. The number of benzene rings is 1. The number of hydrogen-bond donors (Lipinski definition) is 1. The Labute approximate surface area is 129 Å². The number of hydrogen-bond acceptors (Lipinski definition) is 3. The number of fused-ring (bicyclic) bond motifs is 1. The van der Waals surface area contributed by atoms with Crippen molar-refractivity contribution in [2.24, 2.45) is 11.8 Å². The highest BCUT2D eigenvalue weighted by molar-refractivity contribution is 5.79. The predicted molar refractivity (Wildman–Crippen MR) is 84.6 cm³/mol. The first-order chi connectivity index (χ1) is 10.6. The summed E-state index contributed by atoms with van der Waals surface area (Å²) < 4.78 is 6.55. The number of para-hydroxylation sites is 2. The lowest BCUT2D eigenvalue weighted by Crippen LogP contribution is -2.45. The third-order valence-electron chi connectivity index (χ3n) is 4.93. The molecule has 0 spiro atoms. The Morgan fingerprint density at radius 1 is 1.32 bits per heavy atom. The highest BCUT2D eigenvalue weighted by atomic mass is 16.4. The molecule has 1 fully saturated rings.